The minimum absolute atomic E-state index is 0.0317. The molecule has 0 unspecified atom stereocenters. The summed E-state index contributed by atoms with van der Waals surface area (Å²) in [6, 6.07) is 7.64. The SMILES string of the molecule is CCCC(=O)N1CCC(C(=O)Nc2ccc(-c3n[nH]c(C4CC4)n3)cc2)CC1. The number of benzene rings is 1. The van der Waals surface area contributed by atoms with Crippen LogP contribution in [0.2, 0.25) is 0 Å². The number of hydrogen-bond donors (Lipinski definition) is 2. The van der Waals surface area contributed by atoms with E-state index in [9.17, 15) is 9.59 Å². The zero-order chi connectivity index (χ0) is 19.5. The lowest BCUT2D eigenvalue weighted by molar-refractivity contribution is -0.134. The third-order valence-electron chi connectivity index (χ3n) is 5.56. The third-order valence-corrected chi connectivity index (χ3v) is 5.56. The van der Waals surface area contributed by atoms with Crippen LogP contribution in [-0.2, 0) is 9.59 Å². The van der Waals surface area contributed by atoms with Crippen LogP contribution in [0.5, 0.6) is 0 Å². The number of amides is 2. The molecule has 1 aliphatic heterocycles. The highest BCUT2D eigenvalue weighted by Crippen LogP contribution is 2.38. The number of carbonyl (C=O) groups excluding carboxylic acids is 2. The van der Waals surface area contributed by atoms with Gasteiger partial charge in [0.2, 0.25) is 11.8 Å². The Morgan fingerprint density at radius 2 is 1.86 bits per heavy atom. The highest BCUT2D eigenvalue weighted by Gasteiger charge is 2.28. The highest BCUT2D eigenvalue weighted by molar-refractivity contribution is 5.93. The second-order valence-electron chi connectivity index (χ2n) is 7.79. The fourth-order valence-corrected chi connectivity index (χ4v) is 3.65. The Balaban J connectivity index is 1.30. The molecule has 1 aliphatic carbocycles. The van der Waals surface area contributed by atoms with Gasteiger partial charge < -0.3 is 10.2 Å². The molecule has 2 fully saturated rings. The Bertz CT molecular complexity index is 833. The number of H-pyrrole nitrogens is 1. The lowest BCUT2D eigenvalue weighted by Crippen LogP contribution is -2.41. The molecule has 2 N–H and O–H groups in total. The van der Waals surface area contributed by atoms with E-state index in [4.69, 9.17) is 0 Å². The molecule has 1 saturated carbocycles. The van der Waals surface area contributed by atoms with Gasteiger partial charge in [-0.05, 0) is 56.4 Å². The first-order chi connectivity index (χ1) is 13.6. The van der Waals surface area contributed by atoms with Gasteiger partial charge in [-0.15, -0.1) is 0 Å². The van der Waals surface area contributed by atoms with Crippen molar-refractivity contribution in [2.24, 2.45) is 5.92 Å². The Kier molecular flexibility index (Phi) is 5.41. The Morgan fingerprint density at radius 3 is 2.50 bits per heavy atom. The van der Waals surface area contributed by atoms with Gasteiger partial charge in [0.1, 0.15) is 5.82 Å². The van der Waals surface area contributed by atoms with Crippen molar-refractivity contribution < 1.29 is 9.59 Å². The van der Waals surface area contributed by atoms with E-state index in [1.54, 1.807) is 0 Å². The number of anilines is 1. The molecule has 2 aliphatic rings. The van der Waals surface area contributed by atoms with Crippen molar-refractivity contribution in [2.75, 3.05) is 18.4 Å². The molecule has 1 aromatic heterocycles. The smallest absolute Gasteiger partial charge is 0.227 e. The van der Waals surface area contributed by atoms with Gasteiger partial charge >= 0.3 is 0 Å². The molecule has 2 aromatic rings. The van der Waals surface area contributed by atoms with E-state index in [2.05, 4.69) is 20.5 Å². The van der Waals surface area contributed by atoms with E-state index in [1.807, 2.05) is 36.1 Å². The van der Waals surface area contributed by atoms with Crippen LogP contribution in [0.1, 0.15) is 57.2 Å². The number of aromatic amines is 1. The monoisotopic (exact) mass is 381 g/mol. The van der Waals surface area contributed by atoms with E-state index in [0.717, 1.165) is 36.3 Å². The van der Waals surface area contributed by atoms with Gasteiger partial charge in [0.25, 0.3) is 0 Å². The summed E-state index contributed by atoms with van der Waals surface area (Å²) in [4.78, 5) is 31.0. The van der Waals surface area contributed by atoms with Crippen molar-refractivity contribution in [1.82, 2.24) is 20.1 Å². The molecular weight excluding hydrogens is 354 g/mol. The fourth-order valence-electron chi connectivity index (χ4n) is 3.65. The van der Waals surface area contributed by atoms with Crippen molar-refractivity contribution in [2.45, 2.75) is 51.4 Å². The quantitative estimate of drug-likeness (QED) is 0.803. The molecule has 1 aromatic carbocycles. The number of carbonyl (C=O) groups is 2. The summed E-state index contributed by atoms with van der Waals surface area (Å²) >= 11 is 0. The average Bonchev–Trinajstić information content (AvgIpc) is 3.46. The molecule has 28 heavy (non-hydrogen) atoms. The predicted molar refractivity (Wildman–Crippen MR) is 107 cm³/mol. The van der Waals surface area contributed by atoms with Crippen LogP contribution in [-0.4, -0.2) is 45.0 Å². The molecule has 0 radical (unpaired) electrons. The van der Waals surface area contributed by atoms with Crippen LogP contribution in [0.3, 0.4) is 0 Å². The summed E-state index contributed by atoms with van der Waals surface area (Å²) in [6.45, 7) is 3.35. The van der Waals surface area contributed by atoms with E-state index in [0.29, 0.717) is 31.3 Å². The van der Waals surface area contributed by atoms with Crippen LogP contribution in [0.4, 0.5) is 5.69 Å². The van der Waals surface area contributed by atoms with Gasteiger partial charge in [-0.1, -0.05) is 6.92 Å². The lowest BCUT2D eigenvalue weighted by Gasteiger charge is -2.31. The maximum absolute atomic E-state index is 12.6. The number of nitrogens with one attached hydrogen (secondary N) is 2. The third kappa shape index (κ3) is 4.24. The number of rotatable bonds is 6. The Hall–Kier alpha value is -2.70. The van der Waals surface area contributed by atoms with Crippen molar-refractivity contribution in [3.8, 4) is 11.4 Å². The van der Waals surface area contributed by atoms with Gasteiger partial charge in [0.05, 0.1) is 0 Å². The van der Waals surface area contributed by atoms with Crippen molar-refractivity contribution >= 4 is 17.5 Å². The zero-order valence-electron chi connectivity index (χ0n) is 16.3. The van der Waals surface area contributed by atoms with E-state index in [-0.39, 0.29) is 17.7 Å². The number of nitrogens with zero attached hydrogens (tertiary/aromatic N) is 3. The van der Waals surface area contributed by atoms with Gasteiger partial charge in [-0.2, -0.15) is 5.10 Å². The first kappa shape index (κ1) is 18.7. The molecule has 0 spiro atoms. The van der Waals surface area contributed by atoms with Gasteiger partial charge in [0.15, 0.2) is 5.82 Å². The standard InChI is InChI=1S/C21H27N5O2/c1-2-3-18(27)26-12-10-16(11-13-26)21(28)22-17-8-6-15(7-9-17)20-23-19(24-25-20)14-4-5-14/h6-9,14,16H,2-5,10-13H2,1H3,(H,22,28)(H,23,24,25). The van der Waals surface area contributed by atoms with Crippen LogP contribution in [0.25, 0.3) is 11.4 Å². The van der Waals surface area contributed by atoms with Gasteiger partial charge in [-0.25, -0.2) is 4.98 Å². The van der Waals surface area contributed by atoms with Crippen LogP contribution in [0, 0.1) is 5.92 Å². The highest BCUT2D eigenvalue weighted by atomic mass is 16.2. The summed E-state index contributed by atoms with van der Waals surface area (Å²) < 4.78 is 0. The molecule has 148 valence electrons. The summed E-state index contributed by atoms with van der Waals surface area (Å²) in [5, 5.41) is 10.3. The van der Waals surface area contributed by atoms with E-state index in [1.165, 1.54) is 12.8 Å². The number of aromatic nitrogens is 3. The number of likely N-dealkylation sites (tertiary alicyclic amines) is 1. The minimum atomic E-state index is -0.0422. The van der Waals surface area contributed by atoms with Gasteiger partial charge in [-0.3, -0.25) is 14.7 Å². The summed E-state index contributed by atoms with van der Waals surface area (Å²) in [7, 11) is 0. The predicted octanol–water partition coefficient (Wildman–Crippen LogP) is 3.33. The fraction of sp³-hybridized carbons (Fsp3) is 0.524. The second-order valence-corrected chi connectivity index (χ2v) is 7.79. The summed E-state index contributed by atoms with van der Waals surface area (Å²) in [5.74, 6) is 2.40. The molecule has 2 heterocycles. The molecule has 2 amide bonds. The normalized spacial score (nSPS) is 17.5. The summed E-state index contributed by atoms with van der Waals surface area (Å²) in [6.07, 6.45) is 5.28. The Labute approximate surface area is 164 Å². The second kappa shape index (κ2) is 8.12. The zero-order valence-corrected chi connectivity index (χ0v) is 16.3. The molecule has 1 saturated heterocycles. The number of hydrogen-bond acceptors (Lipinski definition) is 4. The van der Waals surface area contributed by atoms with Crippen LogP contribution < -0.4 is 5.32 Å². The maximum Gasteiger partial charge on any atom is 0.227 e. The topological polar surface area (TPSA) is 91.0 Å². The first-order valence-electron chi connectivity index (χ1n) is 10.3. The van der Waals surface area contributed by atoms with Gasteiger partial charge in [0, 0.05) is 42.6 Å². The molecule has 0 atom stereocenters. The van der Waals surface area contributed by atoms with E-state index < -0.39 is 0 Å². The molecule has 7 heteroatoms. The largest absolute Gasteiger partial charge is 0.343 e. The molecule has 4 rings (SSSR count). The molecular formula is C21H27N5O2. The average molecular weight is 381 g/mol. The number of piperidine rings is 1. The molecule has 0 bridgehead atoms. The first-order valence-corrected chi connectivity index (χ1v) is 10.3. The lowest BCUT2D eigenvalue weighted by atomic mass is 9.95. The van der Waals surface area contributed by atoms with Crippen molar-refractivity contribution in [3.63, 3.8) is 0 Å². The van der Waals surface area contributed by atoms with Crippen molar-refractivity contribution in [3.05, 3.63) is 30.1 Å². The maximum atomic E-state index is 12.6. The van der Waals surface area contributed by atoms with Crippen molar-refractivity contribution in [1.29, 1.82) is 0 Å². The van der Waals surface area contributed by atoms with Crippen LogP contribution >= 0.6 is 0 Å². The van der Waals surface area contributed by atoms with E-state index >= 15 is 0 Å². The molecule has 7 nitrogen and oxygen atoms in total. The Morgan fingerprint density at radius 1 is 1.14 bits per heavy atom. The minimum Gasteiger partial charge on any atom is -0.343 e. The van der Waals surface area contributed by atoms with Crippen LogP contribution in [0.15, 0.2) is 24.3 Å². The summed E-state index contributed by atoms with van der Waals surface area (Å²) in [5.41, 5.74) is 1.71.